The van der Waals surface area contributed by atoms with Gasteiger partial charge in [0.2, 0.25) is 0 Å². The summed E-state index contributed by atoms with van der Waals surface area (Å²) in [5.41, 5.74) is 4.21. The van der Waals surface area contributed by atoms with Crippen molar-refractivity contribution in [2.75, 3.05) is 18.0 Å². The number of sulfonamides is 1. The van der Waals surface area contributed by atoms with E-state index < -0.39 is 28.3 Å². The van der Waals surface area contributed by atoms with Crippen molar-refractivity contribution in [3.8, 4) is 11.5 Å². The number of benzene rings is 4. The maximum absolute atomic E-state index is 14.7. The molecule has 0 fully saturated rings. The number of aryl methyl sites for hydroxylation is 1. The zero-order valence-electron chi connectivity index (χ0n) is 22.9. The van der Waals surface area contributed by atoms with Crippen LogP contribution in [0, 0.1) is 12.7 Å². The first-order valence-corrected chi connectivity index (χ1v) is 15.6. The van der Waals surface area contributed by atoms with Crippen molar-refractivity contribution >= 4 is 67.0 Å². The summed E-state index contributed by atoms with van der Waals surface area (Å²) in [7, 11) is -2.81. The van der Waals surface area contributed by atoms with Crippen molar-refractivity contribution < 1.29 is 27.1 Å². The molecule has 0 heterocycles. The van der Waals surface area contributed by atoms with Crippen LogP contribution in [-0.2, 0) is 21.4 Å². The molecule has 0 saturated carbocycles. The van der Waals surface area contributed by atoms with Crippen molar-refractivity contribution in [2.24, 2.45) is 5.10 Å². The van der Waals surface area contributed by atoms with E-state index in [4.69, 9.17) is 32.7 Å². The molecule has 4 aromatic rings. The number of hydrazone groups is 1. The Morgan fingerprint density at radius 2 is 1.77 bits per heavy atom. The largest absolute Gasteiger partial charge is 0.493 e. The van der Waals surface area contributed by atoms with E-state index in [2.05, 4.69) is 26.5 Å². The van der Waals surface area contributed by atoms with Crippen LogP contribution in [0.15, 0.2) is 93.3 Å². The van der Waals surface area contributed by atoms with E-state index in [9.17, 15) is 17.6 Å². The Bertz CT molecular complexity index is 1770. The van der Waals surface area contributed by atoms with Gasteiger partial charge >= 0.3 is 0 Å². The normalized spacial score (nSPS) is 11.4. The van der Waals surface area contributed by atoms with Gasteiger partial charge in [-0.3, -0.25) is 9.10 Å². The Morgan fingerprint density at radius 1 is 1.05 bits per heavy atom. The fourth-order valence-corrected chi connectivity index (χ4v) is 6.20. The van der Waals surface area contributed by atoms with Crippen LogP contribution < -0.4 is 19.2 Å². The van der Waals surface area contributed by atoms with E-state index in [1.165, 1.54) is 43.7 Å². The fraction of sp³-hybridized carbons (Fsp3) is 0.133. The van der Waals surface area contributed by atoms with Gasteiger partial charge in [-0.2, -0.15) is 5.10 Å². The van der Waals surface area contributed by atoms with Crippen LogP contribution in [-0.4, -0.2) is 34.2 Å². The third-order valence-corrected chi connectivity index (χ3v) is 9.14. The summed E-state index contributed by atoms with van der Waals surface area (Å²) in [6, 6.07) is 19.8. The second kappa shape index (κ2) is 14.2. The van der Waals surface area contributed by atoms with Gasteiger partial charge in [0, 0.05) is 0 Å². The molecule has 13 heteroatoms. The highest BCUT2D eigenvalue weighted by molar-refractivity contribution is 9.10. The molecule has 0 aromatic heterocycles. The van der Waals surface area contributed by atoms with Crippen LogP contribution >= 0.6 is 39.1 Å². The summed E-state index contributed by atoms with van der Waals surface area (Å²) in [4.78, 5) is 12.8. The van der Waals surface area contributed by atoms with Crippen LogP contribution in [0.3, 0.4) is 0 Å². The number of rotatable bonds is 11. The molecule has 0 aliphatic carbocycles. The molecule has 224 valence electrons. The monoisotopic (exact) mass is 707 g/mol. The number of anilines is 1. The van der Waals surface area contributed by atoms with Crippen LogP contribution in [0.5, 0.6) is 11.5 Å². The topological polar surface area (TPSA) is 97.3 Å². The summed E-state index contributed by atoms with van der Waals surface area (Å²) in [5, 5.41) is 4.80. The van der Waals surface area contributed by atoms with Gasteiger partial charge in [-0.15, -0.1) is 0 Å². The van der Waals surface area contributed by atoms with Crippen molar-refractivity contribution in [3.05, 3.63) is 116 Å². The summed E-state index contributed by atoms with van der Waals surface area (Å²) < 4.78 is 54.2. The van der Waals surface area contributed by atoms with Crippen LogP contribution in [0.1, 0.15) is 16.7 Å². The lowest BCUT2D eigenvalue weighted by atomic mass is 10.2. The number of halogens is 4. The van der Waals surface area contributed by atoms with E-state index in [0.717, 1.165) is 17.2 Å². The molecule has 0 aliphatic heterocycles. The quantitative estimate of drug-likeness (QED) is 0.132. The highest BCUT2D eigenvalue weighted by Crippen LogP contribution is 2.37. The molecule has 0 radical (unpaired) electrons. The van der Waals surface area contributed by atoms with E-state index in [-0.39, 0.29) is 17.2 Å². The number of para-hydroxylation sites is 1. The summed E-state index contributed by atoms with van der Waals surface area (Å²) in [6.45, 7) is 1.28. The van der Waals surface area contributed by atoms with E-state index >= 15 is 0 Å². The maximum Gasteiger partial charge on any atom is 0.264 e. The molecule has 43 heavy (non-hydrogen) atoms. The molecule has 0 saturated heterocycles. The maximum atomic E-state index is 14.7. The molecular weight excluding hydrogens is 684 g/mol. The molecular formula is C30H25BrCl2FN3O5S. The van der Waals surface area contributed by atoms with Gasteiger partial charge in [-0.05, 0) is 82.5 Å². The number of nitrogens with zero attached hydrogens (tertiary/aromatic N) is 2. The molecule has 0 bridgehead atoms. The number of carbonyl (C=O) groups excluding carboxylic acids is 1. The number of ether oxygens (including phenoxy) is 2. The molecule has 4 aromatic carbocycles. The van der Waals surface area contributed by atoms with Crippen molar-refractivity contribution in [3.63, 3.8) is 0 Å². The molecule has 4 rings (SSSR count). The standard InChI is InChI=1S/C30H25BrCl2FN3O5S/c1-19-7-10-22(11-8-19)43(39,40)37(27-6-4-3-5-26(27)34)17-29(38)36-35-16-21-13-23(31)30(28(15-21)41-2)42-18-20-9-12-24(32)25(33)14-20/h3-16H,17-18H2,1-2H3,(H,36,38)/b35-16-. The second-order valence-electron chi connectivity index (χ2n) is 9.14. The highest BCUT2D eigenvalue weighted by Gasteiger charge is 2.29. The minimum atomic E-state index is -4.29. The van der Waals surface area contributed by atoms with Crippen molar-refractivity contribution in [1.82, 2.24) is 5.43 Å². The van der Waals surface area contributed by atoms with Gasteiger partial charge in [0.25, 0.3) is 15.9 Å². The highest BCUT2D eigenvalue weighted by atomic mass is 79.9. The summed E-state index contributed by atoms with van der Waals surface area (Å²) >= 11 is 15.5. The molecule has 0 atom stereocenters. The average molecular weight is 709 g/mol. The molecule has 0 aliphatic rings. The third-order valence-electron chi connectivity index (χ3n) is 6.04. The second-order valence-corrected chi connectivity index (χ2v) is 12.7. The first-order chi connectivity index (χ1) is 20.5. The number of amides is 1. The summed E-state index contributed by atoms with van der Waals surface area (Å²) in [6.07, 6.45) is 1.34. The van der Waals surface area contributed by atoms with Crippen LogP contribution in [0.4, 0.5) is 10.1 Å². The first-order valence-electron chi connectivity index (χ1n) is 12.6. The van der Waals surface area contributed by atoms with Gasteiger partial charge < -0.3 is 9.47 Å². The Balaban J connectivity index is 1.49. The molecule has 0 unspecified atom stereocenters. The molecule has 1 amide bonds. The van der Waals surface area contributed by atoms with Crippen molar-refractivity contribution in [1.29, 1.82) is 0 Å². The number of nitrogens with one attached hydrogen (secondary N) is 1. The zero-order valence-corrected chi connectivity index (χ0v) is 26.8. The number of hydrogen-bond acceptors (Lipinski definition) is 6. The molecule has 1 N–H and O–H groups in total. The fourth-order valence-electron chi connectivity index (χ4n) is 3.87. The zero-order chi connectivity index (χ0) is 31.1. The molecule has 0 spiro atoms. The molecule has 8 nitrogen and oxygen atoms in total. The smallest absolute Gasteiger partial charge is 0.264 e. The van der Waals surface area contributed by atoms with Gasteiger partial charge in [-0.1, -0.05) is 59.1 Å². The van der Waals surface area contributed by atoms with Gasteiger partial charge in [0.15, 0.2) is 11.5 Å². The number of hydrogen-bond donors (Lipinski definition) is 1. The van der Waals surface area contributed by atoms with E-state index in [0.29, 0.717) is 35.9 Å². The van der Waals surface area contributed by atoms with Gasteiger partial charge in [-0.25, -0.2) is 18.2 Å². The van der Waals surface area contributed by atoms with Crippen molar-refractivity contribution in [2.45, 2.75) is 18.4 Å². The lowest BCUT2D eigenvalue weighted by molar-refractivity contribution is -0.119. The minimum Gasteiger partial charge on any atom is -0.493 e. The van der Waals surface area contributed by atoms with Crippen LogP contribution in [0.25, 0.3) is 0 Å². The Kier molecular flexibility index (Phi) is 10.7. The average Bonchev–Trinajstić information content (AvgIpc) is 2.97. The van der Waals surface area contributed by atoms with Gasteiger partial charge in [0.05, 0.1) is 38.4 Å². The minimum absolute atomic E-state index is 0.0870. The Labute approximate surface area is 267 Å². The number of carbonyl (C=O) groups is 1. The predicted molar refractivity (Wildman–Crippen MR) is 169 cm³/mol. The lowest BCUT2D eigenvalue weighted by Crippen LogP contribution is -2.40. The lowest BCUT2D eigenvalue weighted by Gasteiger charge is -2.24. The van der Waals surface area contributed by atoms with Gasteiger partial charge in [0.1, 0.15) is 19.0 Å². The Morgan fingerprint density at radius 3 is 2.44 bits per heavy atom. The van der Waals surface area contributed by atoms with Crippen LogP contribution in [0.2, 0.25) is 10.0 Å². The van der Waals surface area contributed by atoms with E-state index in [1.54, 1.807) is 42.5 Å². The summed E-state index contributed by atoms with van der Waals surface area (Å²) in [5.74, 6) is -0.774. The number of methoxy groups -OCH3 is 1. The Hall–Kier alpha value is -3.64. The first kappa shape index (κ1) is 32.3. The SMILES string of the molecule is COc1cc(/C=N\NC(=O)CN(c2ccccc2F)S(=O)(=O)c2ccc(C)cc2)cc(Br)c1OCc1ccc(Cl)c(Cl)c1. The predicted octanol–water partition coefficient (Wildman–Crippen LogP) is 7.14. The van der Waals surface area contributed by atoms with E-state index in [1.807, 2.05) is 6.92 Å². The third kappa shape index (κ3) is 8.05.